The molecule has 0 atom stereocenters. The van der Waals surface area contributed by atoms with E-state index in [2.05, 4.69) is 162 Å². The van der Waals surface area contributed by atoms with Gasteiger partial charge in [-0.05, 0) is 105 Å². The van der Waals surface area contributed by atoms with Crippen molar-refractivity contribution in [3.63, 3.8) is 0 Å². The van der Waals surface area contributed by atoms with Crippen LogP contribution in [-0.2, 0) is 0 Å². The third-order valence-corrected chi connectivity index (χ3v) is 11.8. The molecule has 0 saturated heterocycles. The highest BCUT2D eigenvalue weighted by molar-refractivity contribution is 6.09. The summed E-state index contributed by atoms with van der Waals surface area (Å²) in [5.41, 5.74) is 15.9. The third-order valence-electron chi connectivity index (χ3n) is 11.8. The molecule has 286 valence electrons. The number of hydrogen-bond acceptors (Lipinski definition) is 5. The zero-order chi connectivity index (χ0) is 40.3. The Labute approximate surface area is 351 Å². The standard InChI is InChI=1S/C56H35N3O2/c1-2-10-36(11-3-1)43-30-31-44(47-13-5-4-12-46(43)47)37-18-24-40(25-19-37)59(41-26-20-38(21-27-41)45-32-34-58-54-50-15-7-9-17-52(50)61-55(45)54)42-28-22-39(23-29-42)53-56-49(33-35-57-53)48-14-6-8-16-51(48)60-56/h1-35H. The molecule has 61 heavy (non-hydrogen) atoms. The van der Waals surface area contributed by atoms with Crippen molar-refractivity contribution >= 4 is 71.8 Å². The zero-order valence-corrected chi connectivity index (χ0v) is 32.9. The third kappa shape index (κ3) is 5.86. The first-order chi connectivity index (χ1) is 30.2. The number of aromatic nitrogens is 2. The molecule has 5 heteroatoms. The zero-order valence-electron chi connectivity index (χ0n) is 32.9. The maximum Gasteiger partial charge on any atom is 0.161 e. The molecule has 0 N–H and O–H groups in total. The molecule has 12 rings (SSSR count). The summed E-state index contributed by atoms with van der Waals surface area (Å²) in [6.07, 6.45) is 3.73. The van der Waals surface area contributed by atoms with Gasteiger partial charge in [0.05, 0.1) is 0 Å². The van der Waals surface area contributed by atoms with E-state index in [4.69, 9.17) is 13.8 Å². The predicted molar refractivity (Wildman–Crippen MR) is 251 cm³/mol. The molecule has 8 aromatic carbocycles. The minimum Gasteiger partial charge on any atom is -0.454 e. The minimum absolute atomic E-state index is 0.789. The molecule has 0 spiro atoms. The fraction of sp³-hybridized carbons (Fsp3) is 0. The van der Waals surface area contributed by atoms with E-state index in [1.165, 1.54) is 27.5 Å². The normalized spacial score (nSPS) is 11.6. The van der Waals surface area contributed by atoms with E-state index in [-0.39, 0.29) is 0 Å². The molecule has 4 heterocycles. The molecule has 0 fully saturated rings. The van der Waals surface area contributed by atoms with Crippen LogP contribution in [0, 0.1) is 0 Å². The maximum atomic E-state index is 6.37. The van der Waals surface area contributed by atoms with E-state index in [9.17, 15) is 0 Å². The molecule has 4 aromatic heterocycles. The summed E-state index contributed by atoms with van der Waals surface area (Å²) in [5, 5.41) is 5.62. The highest BCUT2D eigenvalue weighted by Gasteiger charge is 2.19. The summed E-state index contributed by atoms with van der Waals surface area (Å²) in [7, 11) is 0. The number of furan rings is 2. The van der Waals surface area contributed by atoms with Gasteiger partial charge >= 0.3 is 0 Å². The van der Waals surface area contributed by atoms with Crippen LogP contribution in [0.2, 0.25) is 0 Å². The lowest BCUT2D eigenvalue weighted by molar-refractivity contribution is 0.668. The Morgan fingerprint density at radius 2 is 0.787 bits per heavy atom. The van der Waals surface area contributed by atoms with Crippen LogP contribution in [0.25, 0.3) is 99.4 Å². The van der Waals surface area contributed by atoms with Crippen LogP contribution in [0.3, 0.4) is 0 Å². The van der Waals surface area contributed by atoms with Crippen LogP contribution < -0.4 is 4.90 Å². The molecule has 0 bridgehead atoms. The second-order valence-electron chi connectivity index (χ2n) is 15.3. The molecule has 0 aliphatic rings. The highest BCUT2D eigenvalue weighted by Crippen LogP contribution is 2.42. The van der Waals surface area contributed by atoms with Crippen LogP contribution in [0.5, 0.6) is 0 Å². The summed E-state index contributed by atoms with van der Waals surface area (Å²) in [6.45, 7) is 0. The van der Waals surface area contributed by atoms with Crippen LogP contribution in [0.15, 0.2) is 221 Å². The summed E-state index contributed by atoms with van der Waals surface area (Å²) in [6, 6.07) is 70.3. The Balaban J connectivity index is 0.950. The lowest BCUT2D eigenvalue weighted by Gasteiger charge is -2.26. The smallest absolute Gasteiger partial charge is 0.161 e. The van der Waals surface area contributed by atoms with E-state index in [1.807, 2.05) is 60.9 Å². The van der Waals surface area contributed by atoms with E-state index in [0.717, 1.165) is 89.0 Å². The van der Waals surface area contributed by atoms with Crippen molar-refractivity contribution in [1.82, 2.24) is 9.97 Å². The number of nitrogens with zero attached hydrogens (tertiary/aromatic N) is 3. The van der Waals surface area contributed by atoms with Crippen LogP contribution >= 0.6 is 0 Å². The minimum atomic E-state index is 0.789. The molecule has 0 saturated carbocycles. The topological polar surface area (TPSA) is 55.3 Å². The van der Waals surface area contributed by atoms with Crippen LogP contribution in [-0.4, -0.2) is 9.97 Å². The van der Waals surface area contributed by atoms with Crippen molar-refractivity contribution in [2.45, 2.75) is 0 Å². The average molecular weight is 782 g/mol. The van der Waals surface area contributed by atoms with Crippen molar-refractivity contribution in [2.75, 3.05) is 4.90 Å². The number of hydrogen-bond donors (Lipinski definition) is 0. The Morgan fingerprint density at radius 1 is 0.311 bits per heavy atom. The summed E-state index contributed by atoms with van der Waals surface area (Å²) in [4.78, 5) is 11.8. The van der Waals surface area contributed by atoms with Gasteiger partial charge in [0.25, 0.3) is 0 Å². The maximum absolute atomic E-state index is 6.37. The fourth-order valence-corrected chi connectivity index (χ4v) is 8.91. The van der Waals surface area contributed by atoms with Gasteiger partial charge in [0.2, 0.25) is 0 Å². The van der Waals surface area contributed by atoms with Crippen molar-refractivity contribution in [1.29, 1.82) is 0 Å². The fourth-order valence-electron chi connectivity index (χ4n) is 8.91. The Hall–Kier alpha value is -8.28. The summed E-state index contributed by atoms with van der Waals surface area (Å²) >= 11 is 0. The molecule has 0 aliphatic heterocycles. The van der Waals surface area contributed by atoms with Gasteiger partial charge in [0.1, 0.15) is 22.4 Å². The van der Waals surface area contributed by atoms with Gasteiger partial charge in [-0.2, -0.15) is 0 Å². The molecule has 5 nitrogen and oxygen atoms in total. The van der Waals surface area contributed by atoms with Gasteiger partial charge in [-0.25, -0.2) is 0 Å². The van der Waals surface area contributed by atoms with Gasteiger partial charge in [-0.3, -0.25) is 9.97 Å². The average Bonchev–Trinajstić information content (AvgIpc) is 3.91. The van der Waals surface area contributed by atoms with Gasteiger partial charge in [0, 0.05) is 56.7 Å². The van der Waals surface area contributed by atoms with E-state index in [0.29, 0.717) is 0 Å². The van der Waals surface area contributed by atoms with E-state index >= 15 is 0 Å². The number of rotatable bonds is 7. The van der Waals surface area contributed by atoms with E-state index < -0.39 is 0 Å². The predicted octanol–water partition coefficient (Wildman–Crippen LogP) is 15.6. The second kappa shape index (κ2) is 14.2. The van der Waals surface area contributed by atoms with E-state index in [1.54, 1.807) is 0 Å². The number of pyridine rings is 2. The lowest BCUT2D eigenvalue weighted by atomic mass is 9.92. The van der Waals surface area contributed by atoms with Crippen molar-refractivity contribution in [3.8, 4) is 44.6 Å². The quantitative estimate of drug-likeness (QED) is 0.161. The largest absolute Gasteiger partial charge is 0.454 e. The van der Waals surface area contributed by atoms with Crippen LogP contribution in [0.1, 0.15) is 0 Å². The second-order valence-corrected chi connectivity index (χ2v) is 15.3. The first kappa shape index (κ1) is 34.7. The SMILES string of the molecule is c1ccc(-c2ccc(-c3ccc(N(c4ccc(-c5nccc6c5oc5ccccc56)cc4)c4ccc(-c5ccnc6c5oc5ccccc56)cc4)cc3)c3ccccc23)cc1. The number of anilines is 3. The molecular formula is C56H35N3O2. The summed E-state index contributed by atoms with van der Waals surface area (Å²) in [5.74, 6) is 0. The number of benzene rings is 8. The molecular weight excluding hydrogens is 747 g/mol. The van der Waals surface area contributed by atoms with Crippen molar-refractivity contribution < 1.29 is 8.83 Å². The van der Waals surface area contributed by atoms with Gasteiger partial charge < -0.3 is 13.7 Å². The first-order valence-electron chi connectivity index (χ1n) is 20.5. The molecule has 12 aromatic rings. The van der Waals surface area contributed by atoms with Gasteiger partial charge in [-0.1, -0.05) is 133 Å². The Morgan fingerprint density at radius 3 is 1.43 bits per heavy atom. The number of para-hydroxylation sites is 2. The molecule has 0 amide bonds. The molecule has 0 unspecified atom stereocenters. The summed E-state index contributed by atoms with van der Waals surface area (Å²) < 4.78 is 12.7. The van der Waals surface area contributed by atoms with Gasteiger partial charge in [-0.15, -0.1) is 0 Å². The van der Waals surface area contributed by atoms with Crippen LogP contribution in [0.4, 0.5) is 17.1 Å². The van der Waals surface area contributed by atoms with Crippen molar-refractivity contribution in [3.05, 3.63) is 213 Å². The Kier molecular flexibility index (Phi) is 8.10. The Bertz CT molecular complexity index is 3410. The molecule has 0 radical (unpaired) electrons. The monoisotopic (exact) mass is 781 g/mol. The highest BCUT2D eigenvalue weighted by atomic mass is 16.3. The van der Waals surface area contributed by atoms with Gasteiger partial charge in [0.15, 0.2) is 11.2 Å². The number of fused-ring (bicyclic) bond motifs is 7. The van der Waals surface area contributed by atoms with Crippen molar-refractivity contribution in [2.24, 2.45) is 0 Å². The molecule has 0 aliphatic carbocycles. The first-order valence-corrected chi connectivity index (χ1v) is 20.5. The lowest BCUT2D eigenvalue weighted by Crippen LogP contribution is -2.09.